The number of benzene rings is 4. The monoisotopic (exact) mass is 757 g/mol. The van der Waals surface area contributed by atoms with Gasteiger partial charge in [-0.25, -0.2) is 4.39 Å². The van der Waals surface area contributed by atoms with Crippen molar-refractivity contribution in [2.45, 2.75) is 98.8 Å². The quantitative estimate of drug-likeness (QED) is 0.182. The maximum Gasteiger partial charge on any atom is 0.147 e. The zero-order chi connectivity index (χ0) is 31.7. The molecule has 0 aliphatic heterocycles. The number of hydrogen-bond donors (Lipinski definition) is 1. The molecule has 0 atom stereocenters. The fourth-order valence-corrected chi connectivity index (χ4v) is 6.70. The number of fused-ring (bicyclic) bond motifs is 3. The van der Waals surface area contributed by atoms with E-state index in [9.17, 15) is 9.50 Å². The fraction of sp³-hybridized carbons (Fsp3) is 0.400. The summed E-state index contributed by atoms with van der Waals surface area (Å²) in [4.78, 5) is 0. The van der Waals surface area contributed by atoms with Crippen molar-refractivity contribution < 1.29 is 35.3 Å². The van der Waals surface area contributed by atoms with Crippen LogP contribution in [0.25, 0.3) is 38.6 Å². The van der Waals surface area contributed by atoms with Gasteiger partial charge in [0, 0.05) is 42.2 Å². The molecule has 0 radical (unpaired) electrons. The van der Waals surface area contributed by atoms with Gasteiger partial charge in [-0.05, 0) is 98.9 Å². The first-order valence-electron chi connectivity index (χ1n) is 15.5. The summed E-state index contributed by atoms with van der Waals surface area (Å²) in [5.74, 6) is -0.168. The first kappa shape index (κ1) is 34.2. The van der Waals surface area contributed by atoms with Crippen molar-refractivity contribution in [1.82, 2.24) is 4.57 Å². The molecular formula is C40H48FHfNO. The van der Waals surface area contributed by atoms with Crippen LogP contribution in [-0.2, 0) is 42.1 Å². The molecule has 230 valence electrons. The summed E-state index contributed by atoms with van der Waals surface area (Å²) in [6.45, 7) is 24.8. The number of hydrogen-bond acceptors (Lipinski definition) is 1. The molecule has 0 bridgehead atoms. The Bertz CT molecular complexity index is 1770. The molecule has 0 aliphatic rings. The summed E-state index contributed by atoms with van der Waals surface area (Å²) in [6, 6.07) is 24.2. The Labute approximate surface area is 282 Å². The Morgan fingerprint density at radius 2 is 1.16 bits per heavy atom. The summed E-state index contributed by atoms with van der Waals surface area (Å²) in [6.07, 6.45) is 0.948. The molecule has 0 aliphatic carbocycles. The molecule has 0 unspecified atom stereocenters. The summed E-state index contributed by atoms with van der Waals surface area (Å²) >= 11 is 0. The summed E-state index contributed by atoms with van der Waals surface area (Å²) < 4.78 is 16.7. The maximum absolute atomic E-state index is 14.5. The number of phenolic OH excluding ortho intramolecular Hbond substituents is 1. The number of aromatic hydroxyl groups is 1. The Hall–Kier alpha value is -2.72. The first-order valence-corrected chi connectivity index (χ1v) is 15.5. The summed E-state index contributed by atoms with van der Waals surface area (Å²) in [5, 5.41) is 14.4. The van der Waals surface area contributed by atoms with Crippen LogP contribution < -0.4 is 0 Å². The first-order chi connectivity index (χ1) is 19.8. The van der Waals surface area contributed by atoms with Crippen molar-refractivity contribution in [2.24, 2.45) is 5.41 Å². The summed E-state index contributed by atoms with van der Waals surface area (Å²) in [5.41, 5.74) is 7.64. The van der Waals surface area contributed by atoms with Crippen molar-refractivity contribution >= 4 is 21.8 Å². The molecule has 0 saturated carbocycles. The third-order valence-corrected chi connectivity index (χ3v) is 8.72. The molecular weight excluding hydrogens is 708 g/mol. The van der Waals surface area contributed by atoms with Crippen LogP contribution in [0, 0.1) is 11.2 Å². The van der Waals surface area contributed by atoms with Crippen LogP contribution in [0.3, 0.4) is 0 Å². The molecule has 4 heteroatoms. The Balaban J connectivity index is 0.00000442. The van der Waals surface area contributed by atoms with Crippen LogP contribution in [0.1, 0.15) is 99.3 Å². The van der Waals surface area contributed by atoms with Crippen molar-refractivity contribution in [3.05, 3.63) is 95.3 Å². The average Bonchev–Trinajstić information content (AvgIpc) is 3.19. The molecule has 5 aromatic rings. The zero-order valence-corrected chi connectivity index (χ0v) is 32.0. The molecule has 0 saturated heterocycles. The SMILES string of the molecule is CC(C)(C)CC(C)(C)c1cc(-c2cccc(F)c2)c(O)c(-n2c3ccc(C(C)(C)C)cc3c3cc(C(C)(C)C)ccc32)c1.[Hf]. The largest absolute Gasteiger partial charge is 0.505 e. The van der Waals surface area contributed by atoms with Gasteiger partial charge in [0.2, 0.25) is 0 Å². The van der Waals surface area contributed by atoms with Gasteiger partial charge in [0.25, 0.3) is 0 Å². The number of nitrogens with zero attached hydrogens (tertiary/aromatic N) is 1. The van der Waals surface area contributed by atoms with Gasteiger partial charge in [0.05, 0.1) is 16.7 Å². The van der Waals surface area contributed by atoms with Gasteiger partial charge < -0.3 is 9.67 Å². The number of halogens is 1. The molecule has 0 amide bonds. The number of aromatic nitrogens is 1. The van der Waals surface area contributed by atoms with Crippen LogP contribution >= 0.6 is 0 Å². The van der Waals surface area contributed by atoms with E-state index < -0.39 is 0 Å². The van der Waals surface area contributed by atoms with E-state index in [1.54, 1.807) is 6.07 Å². The van der Waals surface area contributed by atoms with Gasteiger partial charge in [0.1, 0.15) is 11.6 Å². The van der Waals surface area contributed by atoms with Crippen molar-refractivity contribution in [2.75, 3.05) is 0 Å². The van der Waals surface area contributed by atoms with Gasteiger partial charge in [0.15, 0.2) is 0 Å². The topological polar surface area (TPSA) is 25.2 Å². The third kappa shape index (κ3) is 6.62. The third-order valence-electron chi connectivity index (χ3n) is 8.72. The van der Waals surface area contributed by atoms with Gasteiger partial charge in [-0.3, -0.25) is 0 Å². The molecule has 5 rings (SSSR count). The van der Waals surface area contributed by atoms with E-state index in [0.717, 1.165) is 23.0 Å². The van der Waals surface area contributed by atoms with E-state index in [4.69, 9.17) is 0 Å². The minimum atomic E-state index is -0.320. The molecule has 1 aromatic heterocycles. The summed E-state index contributed by atoms with van der Waals surface area (Å²) in [7, 11) is 0. The average molecular weight is 756 g/mol. The van der Waals surface area contributed by atoms with Crippen LogP contribution in [0.5, 0.6) is 5.75 Å². The molecule has 44 heavy (non-hydrogen) atoms. The molecule has 4 aromatic carbocycles. The standard InChI is InChI=1S/C40H48FNO.Hf/c1-37(2,3)24-40(10,11)28-22-30(25-13-12-14-29(41)19-25)36(43)35(23-28)42-33-17-15-26(38(4,5)6)20-31(33)32-21-27(39(7,8)9)16-18-34(32)42;/h12-23,43H,24H2,1-11H3;. The van der Waals surface area contributed by atoms with Crippen LogP contribution in [0.2, 0.25) is 0 Å². The molecule has 2 nitrogen and oxygen atoms in total. The van der Waals surface area contributed by atoms with E-state index in [2.05, 4.69) is 129 Å². The molecule has 0 fully saturated rings. The minimum Gasteiger partial charge on any atom is -0.505 e. The zero-order valence-electron chi connectivity index (χ0n) is 28.4. The predicted octanol–water partition coefficient (Wildman–Crippen LogP) is 11.6. The van der Waals surface area contributed by atoms with E-state index in [-0.39, 0.29) is 59.1 Å². The van der Waals surface area contributed by atoms with Crippen molar-refractivity contribution in [1.29, 1.82) is 0 Å². The second kappa shape index (κ2) is 11.6. The predicted molar refractivity (Wildman–Crippen MR) is 182 cm³/mol. The smallest absolute Gasteiger partial charge is 0.147 e. The second-order valence-corrected chi connectivity index (χ2v) is 16.3. The Kier molecular flexibility index (Phi) is 8.98. The van der Waals surface area contributed by atoms with E-state index in [0.29, 0.717) is 16.8 Å². The number of phenols is 1. The Morgan fingerprint density at radius 1 is 0.636 bits per heavy atom. The van der Waals surface area contributed by atoms with E-state index >= 15 is 0 Å². The Morgan fingerprint density at radius 3 is 1.61 bits per heavy atom. The molecule has 1 heterocycles. The molecule has 0 spiro atoms. The number of rotatable bonds is 4. The van der Waals surface area contributed by atoms with Gasteiger partial charge in [-0.2, -0.15) is 0 Å². The van der Waals surface area contributed by atoms with Crippen molar-refractivity contribution in [3.8, 4) is 22.6 Å². The van der Waals surface area contributed by atoms with Crippen LogP contribution in [0.4, 0.5) is 4.39 Å². The van der Waals surface area contributed by atoms with Crippen LogP contribution in [-0.4, -0.2) is 9.67 Å². The second-order valence-electron chi connectivity index (χ2n) is 16.3. The van der Waals surface area contributed by atoms with E-state index in [1.165, 1.54) is 34.0 Å². The fourth-order valence-electron chi connectivity index (χ4n) is 6.70. The maximum atomic E-state index is 14.5. The van der Waals surface area contributed by atoms with Gasteiger partial charge >= 0.3 is 0 Å². The van der Waals surface area contributed by atoms with Gasteiger partial charge in [-0.15, -0.1) is 0 Å². The van der Waals surface area contributed by atoms with Gasteiger partial charge in [-0.1, -0.05) is 100 Å². The molecule has 1 N–H and O–H groups in total. The normalized spacial score (nSPS) is 13.0. The van der Waals surface area contributed by atoms with E-state index in [1.807, 2.05) is 6.07 Å². The van der Waals surface area contributed by atoms with Crippen molar-refractivity contribution in [3.63, 3.8) is 0 Å². The minimum absolute atomic E-state index is 0. The van der Waals surface area contributed by atoms with Crippen LogP contribution in [0.15, 0.2) is 72.8 Å².